The van der Waals surface area contributed by atoms with E-state index < -0.39 is 0 Å². The number of anilines is 1. The monoisotopic (exact) mass is 871 g/mol. The molecule has 6 aromatic rings. The molecule has 0 fully saturated rings. The Kier molecular flexibility index (Phi) is 15.4. The Balaban J connectivity index is 0.000000207. The summed E-state index contributed by atoms with van der Waals surface area (Å²) in [7, 11) is 3.27. The standard InChI is InChI=1S/C25H29N5O2.C23H24N4O3.ClH/c1-5-26-24-22-25(29-23(28-22)17(2)3)30(16-27-24)14-19-11-12-20(31-4)21(13-19)32-15-18-9-7-6-8-10-18;1-15(2)21-25-20-22(26-21)27(14-24-23(20)28)12-17-9-10-18(29-3)19(11-17)30-13-16-7-5-4-6-8-16;/h6-13,16-17,26H,5,14-15H2,1-4H3;4-11,14-15H,12-13H2,1-3H3,(H,25,26);1H. The molecule has 2 aromatic heterocycles. The van der Waals surface area contributed by atoms with Crippen LogP contribution in [0.3, 0.4) is 0 Å². The van der Waals surface area contributed by atoms with E-state index in [2.05, 4.69) is 39.1 Å². The van der Waals surface area contributed by atoms with Gasteiger partial charge in [-0.05, 0) is 53.4 Å². The van der Waals surface area contributed by atoms with Crippen LogP contribution in [0.5, 0.6) is 23.0 Å². The molecule has 0 spiro atoms. The molecule has 2 aliphatic rings. The highest BCUT2D eigenvalue weighted by molar-refractivity contribution is 5.85. The number of hydrogen-bond donors (Lipinski definition) is 2. The highest BCUT2D eigenvalue weighted by Crippen LogP contribution is 2.33. The number of nitrogens with one attached hydrogen (secondary N) is 2. The lowest BCUT2D eigenvalue weighted by atomic mass is 10.2. The Labute approximate surface area is 373 Å². The van der Waals surface area contributed by atoms with E-state index in [1.807, 2.05) is 133 Å². The lowest BCUT2D eigenvalue weighted by Gasteiger charge is -2.15. The van der Waals surface area contributed by atoms with E-state index >= 15 is 0 Å². The predicted octanol–water partition coefficient (Wildman–Crippen LogP) is 9.27. The van der Waals surface area contributed by atoms with Crippen LogP contribution in [0, 0.1) is 0 Å². The van der Waals surface area contributed by atoms with Crippen molar-refractivity contribution in [2.75, 3.05) is 26.1 Å². The molecular weight excluding hydrogens is 818 g/mol. The third-order valence-corrected chi connectivity index (χ3v) is 10.0. The van der Waals surface area contributed by atoms with Crippen LogP contribution in [-0.4, -0.2) is 59.8 Å². The highest BCUT2D eigenvalue weighted by atomic mass is 35.5. The summed E-state index contributed by atoms with van der Waals surface area (Å²) in [5.41, 5.74) is 5.75. The molecule has 8 rings (SSSR count). The zero-order valence-electron chi connectivity index (χ0n) is 36.7. The number of hydrogen-bond acceptors (Lipinski definition) is 11. The summed E-state index contributed by atoms with van der Waals surface area (Å²) in [6.07, 6.45) is 3.35. The largest absolute Gasteiger partial charge is 0.493 e. The van der Waals surface area contributed by atoms with Crippen LogP contribution < -0.4 is 29.8 Å². The predicted molar refractivity (Wildman–Crippen MR) is 248 cm³/mol. The number of nitrogens with zero attached hydrogens (tertiary/aromatic N) is 7. The van der Waals surface area contributed by atoms with Gasteiger partial charge in [0.25, 0.3) is 5.56 Å². The van der Waals surface area contributed by atoms with Gasteiger partial charge in [0, 0.05) is 18.4 Å². The molecule has 0 amide bonds. The first-order chi connectivity index (χ1) is 30.1. The van der Waals surface area contributed by atoms with Gasteiger partial charge in [0.05, 0.1) is 33.6 Å². The number of rotatable bonds is 16. The summed E-state index contributed by atoms with van der Waals surface area (Å²) in [5, 5.41) is 3.29. The minimum Gasteiger partial charge on any atom is -0.493 e. The quantitative estimate of drug-likeness (QED) is 0.0954. The summed E-state index contributed by atoms with van der Waals surface area (Å²) < 4.78 is 26.9. The maximum Gasteiger partial charge on any atom is 0.298 e. The number of methoxy groups -OCH3 is 2. The molecule has 0 unspecified atom stereocenters. The molecular formula is C48H54ClN9O5. The van der Waals surface area contributed by atoms with Gasteiger partial charge in [0.2, 0.25) is 0 Å². The lowest BCUT2D eigenvalue weighted by molar-refractivity contribution is 0.284. The number of H-pyrrole nitrogens is 1. The number of fused-ring (bicyclic) bond motifs is 2. The minimum atomic E-state index is -0.303. The molecule has 328 valence electrons. The van der Waals surface area contributed by atoms with E-state index in [9.17, 15) is 4.79 Å². The number of ether oxygens (including phenoxy) is 4. The molecule has 4 aromatic carbocycles. The lowest BCUT2D eigenvalue weighted by Crippen LogP contribution is -2.13. The van der Waals surface area contributed by atoms with Gasteiger partial charge < -0.3 is 38.4 Å². The SMILES string of the molecule is CCNc1ncn(Cc2ccc(OC)c(OCc3ccccc3)c2)c2nc(C(C)C)nc1-2.COc1ccc(Cn2cnc(=O)c3[nH]c(C(C)C)nc32)cc1OCc1ccccc1.Cl. The van der Waals surface area contributed by atoms with Crippen molar-refractivity contribution in [3.05, 3.63) is 154 Å². The van der Waals surface area contributed by atoms with Crippen molar-refractivity contribution in [1.82, 2.24) is 39.0 Å². The molecule has 0 saturated carbocycles. The highest BCUT2D eigenvalue weighted by Gasteiger charge is 2.22. The van der Waals surface area contributed by atoms with E-state index in [4.69, 9.17) is 28.9 Å². The average molecular weight is 872 g/mol. The first-order valence-corrected chi connectivity index (χ1v) is 20.7. The van der Waals surface area contributed by atoms with Crippen LogP contribution >= 0.6 is 12.4 Å². The molecule has 0 saturated heterocycles. The third kappa shape index (κ3) is 11.1. The van der Waals surface area contributed by atoms with Gasteiger partial charge in [0.1, 0.15) is 31.2 Å². The van der Waals surface area contributed by atoms with E-state index in [0.717, 1.165) is 57.8 Å². The number of imidazole rings is 2. The van der Waals surface area contributed by atoms with Crippen molar-refractivity contribution in [3.8, 4) is 34.5 Å². The van der Waals surface area contributed by atoms with E-state index in [1.165, 1.54) is 6.33 Å². The summed E-state index contributed by atoms with van der Waals surface area (Å²) in [5.74, 6) is 6.34. The van der Waals surface area contributed by atoms with Gasteiger partial charge in [-0.2, -0.15) is 4.98 Å². The number of aromatic nitrogens is 8. The fourth-order valence-electron chi connectivity index (χ4n) is 6.72. The van der Waals surface area contributed by atoms with Crippen LogP contribution in [0.25, 0.3) is 22.7 Å². The third-order valence-electron chi connectivity index (χ3n) is 10.0. The van der Waals surface area contributed by atoms with Crippen molar-refractivity contribution in [1.29, 1.82) is 0 Å². The van der Waals surface area contributed by atoms with Crippen molar-refractivity contribution in [2.24, 2.45) is 0 Å². The first kappa shape index (κ1) is 45.6. The zero-order valence-corrected chi connectivity index (χ0v) is 37.5. The van der Waals surface area contributed by atoms with E-state index in [1.54, 1.807) is 14.2 Å². The van der Waals surface area contributed by atoms with Crippen LogP contribution in [-0.2, 0) is 26.3 Å². The number of benzene rings is 4. The van der Waals surface area contributed by atoms with Gasteiger partial charge in [-0.3, -0.25) is 4.79 Å². The Morgan fingerprint density at radius 1 is 0.651 bits per heavy atom. The van der Waals surface area contributed by atoms with Crippen LogP contribution in [0.15, 0.2) is 115 Å². The maximum atomic E-state index is 12.1. The van der Waals surface area contributed by atoms with Crippen molar-refractivity contribution >= 4 is 29.4 Å². The summed E-state index contributed by atoms with van der Waals surface area (Å²) in [4.78, 5) is 38.0. The van der Waals surface area contributed by atoms with Crippen molar-refractivity contribution in [3.63, 3.8) is 0 Å². The molecule has 0 atom stereocenters. The zero-order chi connectivity index (χ0) is 43.6. The Morgan fingerprint density at radius 2 is 1.21 bits per heavy atom. The fraction of sp³-hybridized carbons (Fsp3) is 0.292. The molecule has 0 aliphatic carbocycles. The average Bonchev–Trinajstić information content (AvgIpc) is 3.96. The Hall–Kier alpha value is -6.93. The van der Waals surface area contributed by atoms with Crippen LogP contribution in [0.4, 0.5) is 5.82 Å². The van der Waals surface area contributed by atoms with E-state index in [0.29, 0.717) is 60.5 Å². The molecule has 0 radical (unpaired) electrons. The Morgan fingerprint density at radius 3 is 1.73 bits per heavy atom. The molecule has 2 N–H and O–H groups in total. The van der Waals surface area contributed by atoms with Gasteiger partial charge in [0.15, 0.2) is 51.5 Å². The van der Waals surface area contributed by atoms with E-state index in [-0.39, 0.29) is 29.8 Å². The second-order valence-electron chi connectivity index (χ2n) is 15.3. The molecule has 4 heterocycles. The Bertz CT molecular complexity index is 2740. The topological polar surface area (TPSA) is 156 Å². The van der Waals surface area contributed by atoms with Gasteiger partial charge in [-0.25, -0.2) is 19.9 Å². The summed E-state index contributed by atoms with van der Waals surface area (Å²) >= 11 is 0. The van der Waals surface area contributed by atoms with Crippen molar-refractivity contribution in [2.45, 2.75) is 72.8 Å². The fourth-order valence-corrected chi connectivity index (χ4v) is 6.72. The van der Waals surface area contributed by atoms with Gasteiger partial charge in [-0.1, -0.05) is 100 Å². The molecule has 63 heavy (non-hydrogen) atoms. The minimum absolute atomic E-state index is 0. The van der Waals surface area contributed by atoms with Crippen LogP contribution in [0.1, 0.15) is 80.4 Å². The molecule has 2 aliphatic heterocycles. The second-order valence-corrected chi connectivity index (χ2v) is 15.3. The first-order valence-electron chi connectivity index (χ1n) is 20.7. The maximum absolute atomic E-state index is 12.1. The molecule has 14 nitrogen and oxygen atoms in total. The van der Waals surface area contributed by atoms with Crippen LogP contribution in [0.2, 0.25) is 0 Å². The second kappa shape index (κ2) is 21.2. The molecule has 0 bridgehead atoms. The summed E-state index contributed by atoms with van der Waals surface area (Å²) in [6, 6.07) is 31.8. The van der Waals surface area contributed by atoms with Gasteiger partial charge in [-0.15, -0.1) is 12.4 Å². The van der Waals surface area contributed by atoms with Crippen molar-refractivity contribution < 1.29 is 18.9 Å². The molecule has 15 heteroatoms. The summed E-state index contributed by atoms with van der Waals surface area (Å²) in [6.45, 7) is 13.1. The normalized spacial score (nSPS) is 11.0. The number of halogens is 1. The smallest absolute Gasteiger partial charge is 0.298 e. The van der Waals surface area contributed by atoms with Gasteiger partial charge >= 0.3 is 0 Å². The number of aromatic amines is 1.